The predicted molar refractivity (Wildman–Crippen MR) is 125 cm³/mol. The van der Waals surface area contributed by atoms with Crippen molar-refractivity contribution >= 4 is 23.2 Å². The van der Waals surface area contributed by atoms with Gasteiger partial charge in [0.05, 0.1) is 6.04 Å². The molecule has 0 spiro atoms. The van der Waals surface area contributed by atoms with Gasteiger partial charge in [0.1, 0.15) is 5.76 Å². The maximum Gasteiger partial charge on any atom is 0.280 e. The minimum Gasteiger partial charge on any atom is -0.361 e. The number of nitrogens with zero attached hydrogens (tertiary/aromatic N) is 3. The molecular weight excluding hydrogens is 402 g/mol. The largest absolute Gasteiger partial charge is 0.361 e. The van der Waals surface area contributed by atoms with E-state index in [0.717, 1.165) is 23.4 Å². The monoisotopic (exact) mass is 431 g/mol. The molecule has 6 nitrogen and oxygen atoms in total. The second-order valence-corrected chi connectivity index (χ2v) is 8.84. The molecule has 0 saturated carbocycles. The van der Waals surface area contributed by atoms with Crippen molar-refractivity contribution in [2.24, 2.45) is 5.92 Å². The molecule has 1 aliphatic rings. The van der Waals surface area contributed by atoms with E-state index in [4.69, 9.17) is 4.52 Å². The Kier molecular flexibility index (Phi) is 6.12. The average Bonchev–Trinajstić information content (AvgIpc) is 3.22. The van der Waals surface area contributed by atoms with Crippen molar-refractivity contribution in [1.29, 1.82) is 0 Å². The molecule has 0 aliphatic carbocycles. The summed E-state index contributed by atoms with van der Waals surface area (Å²) in [7, 11) is 0. The normalized spacial score (nSPS) is 17.8. The molecule has 2 amide bonds. The number of amides is 2. The molecule has 1 aromatic heterocycles. The van der Waals surface area contributed by atoms with Crippen molar-refractivity contribution in [2.45, 2.75) is 52.6 Å². The van der Waals surface area contributed by atoms with Crippen LogP contribution in [0.25, 0.3) is 0 Å². The van der Waals surface area contributed by atoms with Crippen LogP contribution in [-0.4, -0.2) is 23.0 Å². The number of fused-ring (bicyclic) bond motifs is 1. The summed E-state index contributed by atoms with van der Waals surface area (Å²) in [6.07, 6.45) is 1.35. The number of aromatic nitrogens is 1. The van der Waals surface area contributed by atoms with Crippen molar-refractivity contribution in [3.63, 3.8) is 0 Å². The van der Waals surface area contributed by atoms with E-state index in [9.17, 15) is 9.59 Å². The van der Waals surface area contributed by atoms with Gasteiger partial charge in [0, 0.05) is 36.8 Å². The standard InChI is InChI=1S/C26H29N3O3/c1-17(2)14-21-16-23(27-32-21)26(31)28-18(3)15-25(22-12-8-9-13-24(22)28)29(19(4)30)20-10-6-5-7-11-20/h5-13,16-18,25H,14-15H2,1-4H3. The number of carbonyl (C=O) groups excluding carboxylic acids is 2. The first kappa shape index (κ1) is 21.8. The van der Waals surface area contributed by atoms with Crippen LogP contribution in [0.3, 0.4) is 0 Å². The fraction of sp³-hybridized carbons (Fsp3) is 0.346. The lowest BCUT2D eigenvalue weighted by Crippen LogP contribution is -2.47. The van der Waals surface area contributed by atoms with Crippen molar-refractivity contribution in [1.82, 2.24) is 5.16 Å². The molecular formula is C26H29N3O3. The highest BCUT2D eigenvalue weighted by Crippen LogP contribution is 2.42. The molecule has 0 saturated heterocycles. The molecule has 6 heteroatoms. The van der Waals surface area contributed by atoms with E-state index in [0.29, 0.717) is 23.8 Å². The minimum absolute atomic E-state index is 0.0298. The lowest BCUT2D eigenvalue weighted by Gasteiger charge is -2.43. The van der Waals surface area contributed by atoms with E-state index < -0.39 is 0 Å². The van der Waals surface area contributed by atoms with Crippen LogP contribution in [-0.2, 0) is 11.2 Å². The van der Waals surface area contributed by atoms with Gasteiger partial charge in [-0.25, -0.2) is 0 Å². The molecule has 2 heterocycles. The highest BCUT2D eigenvalue weighted by molar-refractivity contribution is 6.06. The number of hydrogen-bond acceptors (Lipinski definition) is 4. The van der Waals surface area contributed by atoms with Crippen molar-refractivity contribution in [3.8, 4) is 0 Å². The molecule has 2 atom stereocenters. The van der Waals surface area contributed by atoms with Crippen molar-refractivity contribution in [2.75, 3.05) is 9.80 Å². The summed E-state index contributed by atoms with van der Waals surface area (Å²) in [4.78, 5) is 29.8. The maximum atomic E-state index is 13.5. The van der Waals surface area contributed by atoms with Gasteiger partial charge in [0.15, 0.2) is 5.69 Å². The summed E-state index contributed by atoms with van der Waals surface area (Å²) in [5.74, 6) is 0.914. The van der Waals surface area contributed by atoms with Crippen LogP contribution >= 0.6 is 0 Å². The Morgan fingerprint density at radius 3 is 2.50 bits per heavy atom. The second-order valence-electron chi connectivity index (χ2n) is 8.84. The molecule has 1 aliphatic heterocycles. The molecule has 0 fully saturated rings. The molecule has 0 N–H and O–H groups in total. The molecule has 2 aromatic carbocycles. The van der Waals surface area contributed by atoms with Gasteiger partial charge >= 0.3 is 0 Å². The SMILES string of the molecule is CC(=O)N(c1ccccc1)C1CC(C)N(C(=O)c2cc(CC(C)C)on2)c2ccccc21. The van der Waals surface area contributed by atoms with Gasteiger partial charge in [-0.1, -0.05) is 55.4 Å². The molecule has 32 heavy (non-hydrogen) atoms. The number of para-hydroxylation sites is 2. The Balaban J connectivity index is 1.72. The number of carbonyl (C=O) groups is 2. The van der Waals surface area contributed by atoms with Crippen LogP contribution in [0, 0.1) is 5.92 Å². The second kappa shape index (κ2) is 8.99. The zero-order valence-corrected chi connectivity index (χ0v) is 19.0. The highest BCUT2D eigenvalue weighted by Gasteiger charge is 2.38. The fourth-order valence-corrected chi connectivity index (χ4v) is 4.54. The minimum atomic E-state index is -0.184. The first-order valence-electron chi connectivity index (χ1n) is 11.1. The van der Waals surface area contributed by atoms with E-state index >= 15 is 0 Å². The van der Waals surface area contributed by atoms with Gasteiger partial charge in [-0.2, -0.15) is 0 Å². The van der Waals surface area contributed by atoms with Gasteiger partial charge in [-0.15, -0.1) is 0 Å². The Morgan fingerprint density at radius 1 is 1.12 bits per heavy atom. The predicted octanol–water partition coefficient (Wildman–Crippen LogP) is 5.41. The number of anilines is 2. The number of benzene rings is 2. The Labute approximate surface area is 188 Å². The summed E-state index contributed by atoms with van der Waals surface area (Å²) in [6, 6.07) is 18.9. The van der Waals surface area contributed by atoms with Crippen LogP contribution in [0.15, 0.2) is 65.2 Å². The maximum absolute atomic E-state index is 13.5. The average molecular weight is 432 g/mol. The van der Waals surface area contributed by atoms with Crippen LogP contribution < -0.4 is 9.80 Å². The van der Waals surface area contributed by atoms with Crippen LogP contribution in [0.4, 0.5) is 11.4 Å². The third kappa shape index (κ3) is 4.17. The van der Waals surface area contributed by atoms with E-state index in [2.05, 4.69) is 19.0 Å². The van der Waals surface area contributed by atoms with Crippen LogP contribution in [0.2, 0.25) is 0 Å². The number of hydrogen-bond donors (Lipinski definition) is 0. The first-order chi connectivity index (χ1) is 15.4. The van der Waals surface area contributed by atoms with Gasteiger partial charge in [0.2, 0.25) is 5.91 Å². The van der Waals surface area contributed by atoms with E-state index in [1.165, 1.54) is 0 Å². The zero-order valence-electron chi connectivity index (χ0n) is 19.0. The summed E-state index contributed by atoms with van der Waals surface area (Å²) in [6.45, 7) is 7.80. The molecule has 4 rings (SSSR count). The van der Waals surface area contributed by atoms with Crippen LogP contribution in [0.5, 0.6) is 0 Å². The Bertz CT molecular complexity index is 1110. The molecule has 3 aromatic rings. The smallest absolute Gasteiger partial charge is 0.280 e. The summed E-state index contributed by atoms with van der Waals surface area (Å²) in [5.41, 5.74) is 2.91. The quantitative estimate of drug-likeness (QED) is 0.542. The lowest BCUT2D eigenvalue weighted by atomic mass is 9.89. The summed E-state index contributed by atoms with van der Waals surface area (Å²) in [5, 5.41) is 4.05. The van der Waals surface area contributed by atoms with E-state index in [-0.39, 0.29) is 23.9 Å². The molecule has 166 valence electrons. The van der Waals surface area contributed by atoms with Crippen molar-refractivity contribution in [3.05, 3.63) is 77.7 Å². The first-order valence-corrected chi connectivity index (χ1v) is 11.1. The zero-order chi connectivity index (χ0) is 22.8. The Hall–Kier alpha value is -3.41. The van der Waals surface area contributed by atoms with Gasteiger partial charge in [-0.3, -0.25) is 9.59 Å². The van der Waals surface area contributed by atoms with E-state index in [1.807, 2.05) is 66.4 Å². The molecule has 2 unspecified atom stereocenters. The fourth-order valence-electron chi connectivity index (χ4n) is 4.54. The highest BCUT2D eigenvalue weighted by atomic mass is 16.5. The lowest BCUT2D eigenvalue weighted by molar-refractivity contribution is -0.117. The van der Waals surface area contributed by atoms with E-state index in [1.54, 1.807) is 17.9 Å². The number of rotatable bonds is 5. The Morgan fingerprint density at radius 2 is 1.81 bits per heavy atom. The summed E-state index contributed by atoms with van der Waals surface area (Å²) >= 11 is 0. The molecule has 0 bridgehead atoms. The van der Waals surface area contributed by atoms with Crippen molar-refractivity contribution < 1.29 is 14.1 Å². The third-order valence-corrected chi connectivity index (χ3v) is 5.85. The molecule has 0 radical (unpaired) electrons. The van der Waals surface area contributed by atoms with Gasteiger partial charge in [-0.05, 0) is 43.0 Å². The third-order valence-electron chi connectivity index (χ3n) is 5.85. The van der Waals surface area contributed by atoms with Crippen LogP contribution in [0.1, 0.15) is 62.0 Å². The summed E-state index contributed by atoms with van der Waals surface area (Å²) < 4.78 is 5.41. The van der Waals surface area contributed by atoms with Gasteiger partial charge in [0.25, 0.3) is 5.91 Å². The topological polar surface area (TPSA) is 66.7 Å². The van der Waals surface area contributed by atoms with Gasteiger partial charge < -0.3 is 14.3 Å².